The summed E-state index contributed by atoms with van der Waals surface area (Å²) in [5, 5.41) is 0. The zero-order chi connectivity index (χ0) is 10.3. The van der Waals surface area contributed by atoms with Crippen molar-refractivity contribution >= 4 is 17.5 Å². The topological polar surface area (TPSA) is 17.1 Å². The summed E-state index contributed by atoms with van der Waals surface area (Å²) in [5.74, 6) is 1.26. The summed E-state index contributed by atoms with van der Waals surface area (Å²) in [5.41, 5.74) is 4.64. The van der Waals surface area contributed by atoms with E-state index >= 15 is 0 Å². The maximum atomic E-state index is 11.8. The molecule has 0 aliphatic carbocycles. The molecular formula is C12H14OS. The van der Waals surface area contributed by atoms with Crippen LogP contribution in [0.25, 0.3) is 0 Å². The van der Waals surface area contributed by atoms with Gasteiger partial charge in [0.05, 0.1) is 0 Å². The first-order chi connectivity index (χ1) is 6.61. The van der Waals surface area contributed by atoms with Crippen molar-refractivity contribution in [2.24, 2.45) is 0 Å². The number of hydrogen-bond donors (Lipinski definition) is 0. The minimum absolute atomic E-state index is 0.322. The molecular weight excluding hydrogens is 192 g/mol. The third-order valence-corrected chi connectivity index (χ3v) is 4.06. The maximum Gasteiger partial charge on any atom is 0.165 e. The summed E-state index contributed by atoms with van der Waals surface area (Å²) in [6, 6.07) is 2.18. The van der Waals surface area contributed by atoms with Crippen LogP contribution >= 0.6 is 11.8 Å². The highest BCUT2D eigenvalue weighted by Crippen LogP contribution is 2.35. The quantitative estimate of drug-likeness (QED) is 0.648. The average molecular weight is 206 g/mol. The van der Waals surface area contributed by atoms with Crippen molar-refractivity contribution in [2.75, 3.05) is 5.75 Å². The molecule has 0 radical (unpaired) electrons. The molecule has 0 saturated carbocycles. The van der Waals surface area contributed by atoms with E-state index in [0.29, 0.717) is 12.2 Å². The Morgan fingerprint density at radius 2 is 1.93 bits per heavy atom. The van der Waals surface area contributed by atoms with E-state index in [-0.39, 0.29) is 0 Å². The van der Waals surface area contributed by atoms with Gasteiger partial charge in [-0.2, -0.15) is 0 Å². The third-order valence-electron chi connectivity index (χ3n) is 2.84. The molecule has 0 aromatic heterocycles. The summed E-state index contributed by atoms with van der Waals surface area (Å²) in [6.07, 6.45) is 0.696. The second-order valence-corrected chi connectivity index (χ2v) is 4.97. The first kappa shape index (κ1) is 9.78. The predicted octanol–water partition coefficient (Wildman–Crippen LogP) is 3.29. The van der Waals surface area contributed by atoms with Crippen LogP contribution in [-0.4, -0.2) is 11.5 Å². The summed E-state index contributed by atoms with van der Waals surface area (Å²) in [6.45, 7) is 6.23. The molecule has 0 bridgehead atoms. The lowest BCUT2D eigenvalue weighted by molar-refractivity contribution is 0.0984. The molecule has 0 atom stereocenters. The zero-order valence-corrected chi connectivity index (χ0v) is 9.62. The predicted molar refractivity (Wildman–Crippen MR) is 60.3 cm³/mol. The number of thioether (sulfide) groups is 1. The second kappa shape index (κ2) is 3.43. The molecule has 74 valence electrons. The van der Waals surface area contributed by atoms with Gasteiger partial charge in [-0.1, -0.05) is 6.07 Å². The summed E-state index contributed by atoms with van der Waals surface area (Å²) in [7, 11) is 0. The molecule has 1 nitrogen and oxygen atoms in total. The second-order valence-electron chi connectivity index (χ2n) is 3.86. The molecule has 0 saturated heterocycles. The van der Waals surface area contributed by atoms with Crippen molar-refractivity contribution in [1.29, 1.82) is 0 Å². The van der Waals surface area contributed by atoms with E-state index in [1.807, 2.05) is 11.8 Å². The van der Waals surface area contributed by atoms with Crippen LogP contribution in [0.4, 0.5) is 0 Å². The van der Waals surface area contributed by atoms with Crippen LogP contribution < -0.4 is 0 Å². The van der Waals surface area contributed by atoms with E-state index in [9.17, 15) is 4.79 Å². The van der Waals surface area contributed by atoms with Crippen LogP contribution in [0.1, 0.15) is 33.5 Å². The smallest absolute Gasteiger partial charge is 0.165 e. The molecule has 1 aromatic rings. The Morgan fingerprint density at radius 3 is 2.64 bits per heavy atom. The van der Waals surface area contributed by atoms with E-state index in [1.54, 1.807) is 0 Å². The van der Waals surface area contributed by atoms with Gasteiger partial charge < -0.3 is 0 Å². The molecule has 2 heteroatoms. The summed E-state index contributed by atoms with van der Waals surface area (Å²) < 4.78 is 0. The van der Waals surface area contributed by atoms with E-state index in [1.165, 1.54) is 21.6 Å². The number of benzene rings is 1. The van der Waals surface area contributed by atoms with Gasteiger partial charge in [0.2, 0.25) is 0 Å². The van der Waals surface area contributed by atoms with Crippen molar-refractivity contribution in [3.05, 3.63) is 28.3 Å². The van der Waals surface area contributed by atoms with Crippen molar-refractivity contribution in [3.63, 3.8) is 0 Å². The lowest BCUT2D eigenvalue weighted by Gasteiger charge is -2.20. The Kier molecular flexibility index (Phi) is 2.40. The van der Waals surface area contributed by atoms with E-state index in [4.69, 9.17) is 0 Å². The van der Waals surface area contributed by atoms with Gasteiger partial charge in [0.1, 0.15) is 0 Å². The molecule has 0 unspecified atom stereocenters. The van der Waals surface area contributed by atoms with Gasteiger partial charge in [-0.05, 0) is 37.5 Å². The number of ketones is 1. The SMILES string of the molecule is Cc1cc(C)c2c(c1C)C(=O)CCS2. The first-order valence-electron chi connectivity index (χ1n) is 4.88. The zero-order valence-electron chi connectivity index (χ0n) is 8.81. The minimum Gasteiger partial charge on any atom is -0.294 e. The summed E-state index contributed by atoms with van der Waals surface area (Å²) >= 11 is 1.82. The molecule has 1 aliphatic rings. The van der Waals surface area contributed by atoms with Crippen molar-refractivity contribution in [1.82, 2.24) is 0 Å². The van der Waals surface area contributed by atoms with Crippen LogP contribution in [-0.2, 0) is 0 Å². The van der Waals surface area contributed by atoms with Gasteiger partial charge >= 0.3 is 0 Å². The van der Waals surface area contributed by atoms with Crippen molar-refractivity contribution in [3.8, 4) is 0 Å². The molecule has 0 N–H and O–H groups in total. The highest BCUT2D eigenvalue weighted by atomic mass is 32.2. The van der Waals surface area contributed by atoms with Crippen LogP contribution in [0.5, 0.6) is 0 Å². The standard InChI is InChI=1S/C12H14OS/c1-7-6-8(2)12-11(9(7)3)10(13)4-5-14-12/h6H,4-5H2,1-3H3. The molecule has 0 spiro atoms. The van der Waals surface area contributed by atoms with Crippen LogP contribution in [0.15, 0.2) is 11.0 Å². The summed E-state index contributed by atoms with van der Waals surface area (Å²) in [4.78, 5) is 13.0. The number of carbonyl (C=O) groups excluding carboxylic acids is 1. The van der Waals surface area contributed by atoms with E-state index in [2.05, 4.69) is 26.8 Å². The third kappa shape index (κ3) is 1.38. The number of aryl methyl sites for hydroxylation is 2. The van der Waals surface area contributed by atoms with Gasteiger partial charge in [-0.15, -0.1) is 11.8 Å². The van der Waals surface area contributed by atoms with Crippen LogP contribution in [0, 0.1) is 20.8 Å². The number of Topliss-reactive ketones (excluding diaryl/α,β-unsaturated/α-hetero) is 1. The van der Waals surface area contributed by atoms with E-state index in [0.717, 1.165) is 11.3 Å². The van der Waals surface area contributed by atoms with Gasteiger partial charge in [-0.3, -0.25) is 4.79 Å². The fourth-order valence-corrected chi connectivity index (χ4v) is 3.15. The van der Waals surface area contributed by atoms with Gasteiger partial charge in [0.25, 0.3) is 0 Å². The molecule has 1 aromatic carbocycles. The molecule has 1 heterocycles. The number of fused-ring (bicyclic) bond motifs is 1. The normalized spacial score (nSPS) is 15.5. The Labute approximate surface area is 88.9 Å². The number of rotatable bonds is 0. The van der Waals surface area contributed by atoms with Crippen LogP contribution in [0.2, 0.25) is 0 Å². The van der Waals surface area contributed by atoms with Gasteiger partial charge in [0.15, 0.2) is 5.78 Å². The maximum absolute atomic E-state index is 11.8. The molecule has 1 aliphatic heterocycles. The monoisotopic (exact) mass is 206 g/mol. The van der Waals surface area contributed by atoms with Crippen molar-refractivity contribution in [2.45, 2.75) is 32.1 Å². The molecule has 0 fully saturated rings. The van der Waals surface area contributed by atoms with Gasteiger partial charge in [0, 0.05) is 22.6 Å². The lowest BCUT2D eigenvalue weighted by Crippen LogP contribution is -2.12. The fourth-order valence-electron chi connectivity index (χ4n) is 1.96. The van der Waals surface area contributed by atoms with Gasteiger partial charge in [-0.25, -0.2) is 0 Å². The van der Waals surface area contributed by atoms with Crippen LogP contribution in [0.3, 0.4) is 0 Å². The lowest BCUT2D eigenvalue weighted by atomic mass is 9.96. The first-order valence-corrected chi connectivity index (χ1v) is 5.86. The minimum atomic E-state index is 0.322. The highest BCUT2D eigenvalue weighted by molar-refractivity contribution is 7.99. The average Bonchev–Trinajstić information content (AvgIpc) is 2.14. The number of hydrogen-bond acceptors (Lipinski definition) is 2. The molecule has 2 rings (SSSR count). The van der Waals surface area contributed by atoms with E-state index < -0.39 is 0 Å². The highest BCUT2D eigenvalue weighted by Gasteiger charge is 2.22. The fraction of sp³-hybridized carbons (Fsp3) is 0.417. The molecule has 14 heavy (non-hydrogen) atoms. The number of carbonyl (C=O) groups is 1. The molecule has 0 amide bonds. The Morgan fingerprint density at radius 1 is 1.21 bits per heavy atom. The Hall–Kier alpha value is -0.760. The Balaban J connectivity index is 2.73. The largest absolute Gasteiger partial charge is 0.294 e. The van der Waals surface area contributed by atoms with Crippen molar-refractivity contribution < 1.29 is 4.79 Å². The Bertz CT molecular complexity index is 407.